The van der Waals surface area contributed by atoms with E-state index in [4.69, 9.17) is 0 Å². The van der Waals surface area contributed by atoms with Crippen LogP contribution < -0.4 is 0 Å². The Morgan fingerprint density at radius 1 is 1.50 bits per heavy atom. The molecule has 0 amide bonds. The highest BCUT2D eigenvalue weighted by Gasteiger charge is 2.02. The monoisotopic (exact) mass is 273 g/mol. The van der Waals surface area contributed by atoms with Gasteiger partial charge in [0.15, 0.2) is 0 Å². The molecule has 0 aliphatic carbocycles. The molecule has 0 aromatic carbocycles. The summed E-state index contributed by atoms with van der Waals surface area (Å²) in [4.78, 5) is 4.39. The smallest absolute Gasteiger partial charge is 0.0989 e. The number of aryl methyl sites for hydroxylation is 1. The molecule has 0 saturated heterocycles. The Kier molecular flexibility index (Phi) is 4.96. The van der Waals surface area contributed by atoms with Crippen LogP contribution in [-0.2, 0) is 0 Å². The van der Waals surface area contributed by atoms with Crippen LogP contribution >= 0.6 is 27.7 Å². The largest absolute Gasteiger partial charge is 0.248 e. The number of rotatable bonds is 4. The van der Waals surface area contributed by atoms with Crippen LogP contribution in [0.4, 0.5) is 0 Å². The molecule has 0 radical (unpaired) electrons. The van der Waals surface area contributed by atoms with Crippen LogP contribution in [0.5, 0.6) is 0 Å². The lowest BCUT2D eigenvalue weighted by Crippen LogP contribution is -1.92. The first-order chi connectivity index (χ1) is 6.59. The minimum Gasteiger partial charge on any atom is -0.248 e. The molecule has 0 saturated carbocycles. The fourth-order valence-electron chi connectivity index (χ4n) is 1.07. The maximum atomic E-state index is 4.39. The molecule has 1 heterocycles. The van der Waals surface area contributed by atoms with Gasteiger partial charge in [-0.05, 0) is 52.6 Å². The quantitative estimate of drug-likeness (QED) is 0.760. The Labute approximate surface area is 98.8 Å². The van der Waals surface area contributed by atoms with E-state index in [0.29, 0.717) is 0 Å². The molecule has 0 unspecified atom stereocenters. The summed E-state index contributed by atoms with van der Waals surface area (Å²) in [7, 11) is 0. The van der Waals surface area contributed by atoms with Crippen LogP contribution in [0.2, 0.25) is 0 Å². The molecule has 14 heavy (non-hydrogen) atoms. The van der Waals surface area contributed by atoms with Gasteiger partial charge >= 0.3 is 0 Å². The van der Waals surface area contributed by atoms with Gasteiger partial charge in [-0.1, -0.05) is 13.8 Å². The van der Waals surface area contributed by atoms with Gasteiger partial charge in [0.25, 0.3) is 0 Å². The summed E-state index contributed by atoms with van der Waals surface area (Å²) in [6, 6.07) is 2.12. The second-order valence-corrected chi connectivity index (χ2v) is 5.81. The van der Waals surface area contributed by atoms with Crippen molar-refractivity contribution in [2.75, 3.05) is 5.75 Å². The van der Waals surface area contributed by atoms with Gasteiger partial charge in [0.05, 0.1) is 5.03 Å². The summed E-state index contributed by atoms with van der Waals surface area (Å²) in [5.74, 6) is 1.94. The van der Waals surface area contributed by atoms with E-state index >= 15 is 0 Å². The molecule has 1 rings (SSSR count). The van der Waals surface area contributed by atoms with Crippen LogP contribution in [0.3, 0.4) is 0 Å². The first-order valence-corrected chi connectivity index (χ1v) is 6.62. The molecule has 0 aliphatic rings. The minimum atomic E-state index is 0.776. The zero-order valence-electron chi connectivity index (χ0n) is 8.88. The Balaban J connectivity index is 2.51. The van der Waals surface area contributed by atoms with Gasteiger partial charge in [-0.3, -0.25) is 0 Å². The summed E-state index contributed by atoms with van der Waals surface area (Å²) in [5, 5.41) is 1.16. The predicted octanol–water partition coefficient (Wildman–Crippen LogP) is 4.29. The van der Waals surface area contributed by atoms with Gasteiger partial charge in [0, 0.05) is 10.7 Å². The number of thioether (sulfide) groups is 1. The second-order valence-electron chi connectivity index (χ2n) is 3.81. The average Bonchev–Trinajstić information content (AvgIpc) is 2.08. The summed E-state index contributed by atoms with van der Waals surface area (Å²) in [6.07, 6.45) is 3.12. The number of nitrogens with zero attached hydrogens (tertiary/aromatic N) is 1. The van der Waals surface area contributed by atoms with Crippen molar-refractivity contribution < 1.29 is 0 Å². The molecule has 1 aromatic heterocycles. The lowest BCUT2D eigenvalue weighted by molar-refractivity contribution is 0.632. The third kappa shape index (κ3) is 4.01. The van der Waals surface area contributed by atoms with E-state index in [2.05, 4.69) is 47.8 Å². The van der Waals surface area contributed by atoms with Crippen molar-refractivity contribution in [3.63, 3.8) is 0 Å². The molecule has 0 aliphatic heterocycles. The van der Waals surface area contributed by atoms with Crippen LogP contribution in [0.25, 0.3) is 0 Å². The normalized spacial score (nSPS) is 10.9. The van der Waals surface area contributed by atoms with Gasteiger partial charge < -0.3 is 0 Å². The zero-order chi connectivity index (χ0) is 10.6. The molecule has 3 heteroatoms. The van der Waals surface area contributed by atoms with E-state index in [1.165, 1.54) is 12.0 Å². The summed E-state index contributed by atoms with van der Waals surface area (Å²) in [6.45, 7) is 6.61. The minimum absolute atomic E-state index is 0.776. The molecule has 0 bridgehead atoms. The molecule has 0 N–H and O–H groups in total. The van der Waals surface area contributed by atoms with Crippen molar-refractivity contribution in [2.45, 2.75) is 32.2 Å². The fraction of sp³-hybridized carbons (Fsp3) is 0.545. The lowest BCUT2D eigenvalue weighted by atomic mass is 10.2. The average molecular weight is 274 g/mol. The molecule has 1 aromatic rings. The van der Waals surface area contributed by atoms with E-state index in [-0.39, 0.29) is 0 Å². The van der Waals surface area contributed by atoms with E-state index in [0.717, 1.165) is 21.2 Å². The van der Waals surface area contributed by atoms with E-state index in [1.54, 1.807) is 0 Å². The first kappa shape index (κ1) is 12.1. The molecular weight excluding hydrogens is 258 g/mol. The highest BCUT2D eigenvalue weighted by molar-refractivity contribution is 9.10. The highest BCUT2D eigenvalue weighted by atomic mass is 79.9. The van der Waals surface area contributed by atoms with Crippen LogP contribution in [0, 0.1) is 12.8 Å². The third-order valence-corrected chi connectivity index (χ3v) is 3.51. The number of hydrogen-bond acceptors (Lipinski definition) is 2. The first-order valence-electron chi connectivity index (χ1n) is 4.84. The molecule has 0 atom stereocenters. The number of hydrogen-bond donors (Lipinski definition) is 0. The third-order valence-electron chi connectivity index (χ3n) is 1.93. The lowest BCUT2D eigenvalue weighted by Gasteiger charge is -2.06. The van der Waals surface area contributed by atoms with E-state index < -0.39 is 0 Å². The molecule has 1 nitrogen and oxygen atoms in total. The summed E-state index contributed by atoms with van der Waals surface area (Å²) in [5.41, 5.74) is 1.26. The predicted molar refractivity (Wildman–Crippen MR) is 66.9 cm³/mol. The Morgan fingerprint density at radius 2 is 2.21 bits per heavy atom. The van der Waals surface area contributed by atoms with Crippen molar-refractivity contribution in [3.05, 3.63) is 22.3 Å². The van der Waals surface area contributed by atoms with Crippen molar-refractivity contribution in [3.8, 4) is 0 Å². The van der Waals surface area contributed by atoms with Gasteiger partial charge in [-0.2, -0.15) is 0 Å². The SMILES string of the molecule is Cc1cc(Br)cnc1SCCC(C)C. The molecule has 0 fully saturated rings. The molecule has 0 spiro atoms. The standard InChI is InChI=1S/C11H16BrNS/c1-8(2)4-5-14-11-9(3)6-10(12)7-13-11/h6-8H,4-5H2,1-3H3. The maximum absolute atomic E-state index is 4.39. The fourth-order valence-corrected chi connectivity index (χ4v) is 2.71. The van der Waals surface area contributed by atoms with Gasteiger partial charge in [0.1, 0.15) is 0 Å². The number of pyridine rings is 1. The Bertz CT molecular complexity index is 299. The maximum Gasteiger partial charge on any atom is 0.0989 e. The summed E-state index contributed by atoms with van der Waals surface area (Å²) >= 11 is 5.27. The van der Waals surface area contributed by atoms with Gasteiger partial charge in [-0.25, -0.2) is 4.98 Å². The highest BCUT2D eigenvalue weighted by Crippen LogP contribution is 2.23. The van der Waals surface area contributed by atoms with Crippen molar-refractivity contribution in [1.29, 1.82) is 0 Å². The summed E-state index contributed by atoms with van der Waals surface area (Å²) < 4.78 is 1.06. The zero-order valence-corrected chi connectivity index (χ0v) is 11.3. The van der Waals surface area contributed by atoms with Crippen LogP contribution in [0.1, 0.15) is 25.8 Å². The van der Waals surface area contributed by atoms with Crippen LogP contribution in [0.15, 0.2) is 21.8 Å². The van der Waals surface area contributed by atoms with Crippen LogP contribution in [-0.4, -0.2) is 10.7 Å². The Hall–Kier alpha value is -0.0200. The van der Waals surface area contributed by atoms with Gasteiger partial charge in [-0.15, -0.1) is 11.8 Å². The van der Waals surface area contributed by atoms with Crippen molar-refractivity contribution in [2.24, 2.45) is 5.92 Å². The van der Waals surface area contributed by atoms with E-state index in [9.17, 15) is 0 Å². The number of aromatic nitrogens is 1. The molecular formula is C11H16BrNS. The Morgan fingerprint density at radius 3 is 2.79 bits per heavy atom. The number of halogens is 1. The van der Waals surface area contributed by atoms with Crippen molar-refractivity contribution >= 4 is 27.7 Å². The van der Waals surface area contributed by atoms with Crippen molar-refractivity contribution in [1.82, 2.24) is 4.98 Å². The molecule has 78 valence electrons. The van der Waals surface area contributed by atoms with Gasteiger partial charge in [0.2, 0.25) is 0 Å². The van der Waals surface area contributed by atoms with E-state index in [1.807, 2.05) is 18.0 Å². The second kappa shape index (κ2) is 5.76. The topological polar surface area (TPSA) is 12.9 Å².